The maximum Gasteiger partial charge on any atom is 0.331 e. The summed E-state index contributed by atoms with van der Waals surface area (Å²) >= 11 is 0. The van der Waals surface area contributed by atoms with Gasteiger partial charge in [-0.2, -0.15) is 0 Å². The minimum Gasteiger partial charge on any atom is -0.497 e. The van der Waals surface area contributed by atoms with E-state index in [9.17, 15) is 9.59 Å². The van der Waals surface area contributed by atoms with E-state index < -0.39 is 0 Å². The van der Waals surface area contributed by atoms with Crippen molar-refractivity contribution in [1.29, 1.82) is 0 Å². The molecule has 1 heterocycles. The first-order chi connectivity index (χ1) is 12.2. The molecule has 0 spiro atoms. The lowest BCUT2D eigenvalue weighted by molar-refractivity contribution is -0.133. The van der Waals surface area contributed by atoms with Crippen molar-refractivity contribution in [3.63, 3.8) is 0 Å². The second-order valence-corrected chi connectivity index (χ2v) is 5.75. The van der Waals surface area contributed by atoms with Crippen molar-refractivity contribution < 1.29 is 19.1 Å². The molecule has 0 unspecified atom stereocenters. The second kappa shape index (κ2) is 7.70. The van der Waals surface area contributed by atoms with Crippen molar-refractivity contribution >= 4 is 17.6 Å². The van der Waals surface area contributed by atoms with E-state index in [2.05, 4.69) is 5.32 Å². The minimum absolute atomic E-state index is 0.0723. The zero-order valence-electron chi connectivity index (χ0n) is 14.0. The minimum atomic E-state index is -0.357. The maximum absolute atomic E-state index is 12.2. The van der Waals surface area contributed by atoms with Crippen molar-refractivity contribution in [2.45, 2.75) is 6.42 Å². The van der Waals surface area contributed by atoms with Crippen LogP contribution in [0.15, 0.2) is 48.5 Å². The van der Waals surface area contributed by atoms with Gasteiger partial charge in [0.1, 0.15) is 12.3 Å². The van der Waals surface area contributed by atoms with Crippen LogP contribution in [-0.4, -0.2) is 38.6 Å². The Hall–Kier alpha value is -3.02. The van der Waals surface area contributed by atoms with Crippen LogP contribution in [0.2, 0.25) is 0 Å². The molecule has 25 heavy (non-hydrogen) atoms. The zero-order valence-corrected chi connectivity index (χ0v) is 14.0. The quantitative estimate of drug-likeness (QED) is 0.641. The summed E-state index contributed by atoms with van der Waals surface area (Å²) < 4.78 is 10.3. The molecular formula is C19H20N2O4. The number of carbonyl (C=O) groups excluding carboxylic acids is 2. The van der Waals surface area contributed by atoms with E-state index in [1.54, 1.807) is 24.1 Å². The highest BCUT2D eigenvalue weighted by atomic mass is 16.5. The van der Waals surface area contributed by atoms with E-state index in [4.69, 9.17) is 9.47 Å². The Kier molecular flexibility index (Phi) is 5.18. The van der Waals surface area contributed by atoms with E-state index >= 15 is 0 Å². The highest BCUT2D eigenvalue weighted by Gasteiger charge is 2.25. The number of hydrogen-bond donors (Lipinski definition) is 1. The van der Waals surface area contributed by atoms with Crippen LogP contribution >= 0.6 is 0 Å². The molecule has 1 aliphatic rings. The fraction of sp³-hybridized carbons (Fsp3) is 0.263. The summed E-state index contributed by atoms with van der Waals surface area (Å²) in [6, 6.07) is 15.0. The van der Waals surface area contributed by atoms with Crippen molar-refractivity contribution in [2.24, 2.45) is 0 Å². The number of rotatable bonds is 6. The van der Waals surface area contributed by atoms with Gasteiger partial charge in [-0.05, 0) is 36.2 Å². The number of benzene rings is 2. The number of carbonyl (C=O) groups is 2. The normalized spacial score (nSPS) is 13.0. The number of amides is 1. The summed E-state index contributed by atoms with van der Waals surface area (Å²) in [5.74, 6) is 0.816. The van der Waals surface area contributed by atoms with E-state index in [1.807, 2.05) is 36.4 Å². The molecule has 0 atom stereocenters. The van der Waals surface area contributed by atoms with Crippen molar-refractivity contribution in [3.05, 3.63) is 54.1 Å². The van der Waals surface area contributed by atoms with E-state index in [0.717, 1.165) is 23.4 Å². The van der Waals surface area contributed by atoms with Gasteiger partial charge >= 0.3 is 5.97 Å². The average molecular weight is 340 g/mol. The smallest absolute Gasteiger partial charge is 0.331 e. The molecule has 0 aliphatic carbocycles. The van der Waals surface area contributed by atoms with Crippen LogP contribution in [0.4, 0.5) is 5.69 Å². The highest BCUT2D eigenvalue weighted by molar-refractivity contribution is 5.89. The lowest BCUT2D eigenvalue weighted by atomic mass is 10.1. The van der Waals surface area contributed by atoms with Crippen LogP contribution in [0, 0.1) is 0 Å². The summed E-state index contributed by atoms with van der Waals surface area (Å²) in [4.78, 5) is 25.6. The molecule has 0 bridgehead atoms. The number of nitrogens with one attached hydrogen (secondary N) is 1. The SMILES string of the molecule is COc1ccc(CCNC(=O)CN2CC(=O)Oc3ccccc32)cc1. The fourth-order valence-electron chi connectivity index (χ4n) is 2.71. The molecule has 0 saturated heterocycles. The molecule has 0 saturated carbocycles. The number of fused-ring (bicyclic) bond motifs is 1. The van der Waals surface area contributed by atoms with E-state index in [1.165, 1.54) is 0 Å². The van der Waals surface area contributed by atoms with Crippen molar-refractivity contribution in [2.75, 3.05) is 31.6 Å². The van der Waals surface area contributed by atoms with E-state index in [0.29, 0.717) is 12.3 Å². The molecule has 0 fully saturated rings. The van der Waals surface area contributed by atoms with Crippen LogP contribution in [-0.2, 0) is 16.0 Å². The molecule has 130 valence electrons. The molecule has 6 nitrogen and oxygen atoms in total. The Morgan fingerprint density at radius 3 is 2.72 bits per heavy atom. The third kappa shape index (κ3) is 4.29. The lowest BCUT2D eigenvalue weighted by Crippen LogP contribution is -2.43. The summed E-state index contributed by atoms with van der Waals surface area (Å²) in [6.07, 6.45) is 0.731. The van der Waals surface area contributed by atoms with E-state index in [-0.39, 0.29) is 25.0 Å². The standard InChI is InChI=1S/C19H20N2O4/c1-24-15-8-6-14(7-9-15)10-11-20-18(22)12-21-13-19(23)25-17-5-3-2-4-16(17)21/h2-9H,10-13H2,1H3,(H,20,22). The first-order valence-corrected chi connectivity index (χ1v) is 8.10. The van der Waals surface area contributed by atoms with Gasteiger partial charge in [-0.25, -0.2) is 4.79 Å². The second-order valence-electron chi connectivity index (χ2n) is 5.75. The van der Waals surface area contributed by atoms with Crippen LogP contribution in [0.1, 0.15) is 5.56 Å². The van der Waals surface area contributed by atoms with Gasteiger partial charge in [-0.15, -0.1) is 0 Å². The first-order valence-electron chi connectivity index (χ1n) is 8.10. The lowest BCUT2D eigenvalue weighted by Gasteiger charge is -2.29. The van der Waals surface area contributed by atoms with Crippen molar-refractivity contribution in [3.8, 4) is 11.5 Å². The highest BCUT2D eigenvalue weighted by Crippen LogP contribution is 2.30. The number of anilines is 1. The van der Waals surface area contributed by atoms with Crippen LogP contribution in [0.3, 0.4) is 0 Å². The third-order valence-electron chi connectivity index (χ3n) is 3.98. The van der Waals surface area contributed by atoms with Gasteiger partial charge in [0.05, 0.1) is 19.3 Å². The van der Waals surface area contributed by atoms with Gasteiger partial charge in [-0.1, -0.05) is 24.3 Å². The van der Waals surface area contributed by atoms with Crippen molar-refractivity contribution in [1.82, 2.24) is 5.32 Å². The number of para-hydroxylation sites is 2. The number of methoxy groups -OCH3 is 1. The van der Waals surface area contributed by atoms with Gasteiger partial charge in [-0.3, -0.25) is 4.79 Å². The summed E-state index contributed by atoms with van der Waals surface area (Å²) in [5, 5.41) is 2.89. The Labute approximate surface area is 146 Å². The Balaban J connectivity index is 1.51. The molecule has 0 aromatic heterocycles. The fourth-order valence-corrected chi connectivity index (χ4v) is 2.71. The number of hydrogen-bond acceptors (Lipinski definition) is 5. The van der Waals surface area contributed by atoms with Gasteiger partial charge < -0.3 is 19.7 Å². The molecule has 1 N–H and O–H groups in total. The monoisotopic (exact) mass is 340 g/mol. The Morgan fingerprint density at radius 1 is 1.20 bits per heavy atom. The molecule has 2 aromatic carbocycles. The number of ether oxygens (including phenoxy) is 2. The number of nitrogens with zero attached hydrogens (tertiary/aromatic N) is 1. The van der Waals surface area contributed by atoms with Gasteiger partial charge in [0.2, 0.25) is 5.91 Å². The predicted octanol–water partition coefficient (Wildman–Crippen LogP) is 1.78. The van der Waals surface area contributed by atoms with Crippen LogP contribution in [0.5, 0.6) is 11.5 Å². The molecule has 2 aromatic rings. The third-order valence-corrected chi connectivity index (χ3v) is 3.98. The Bertz CT molecular complexity index is 758. The summed E-state index contributed by atoms with van der Waals surface area (Å²) in [6.45, 7) is 0.725. The topological polar surface area (TPSA) is 67.9 Å². The van der Waals surface area contributed by atoms with Gasteiger partial charge in [0, 0.05) is 6.54 Å². The predicted molar refractivity (Wildman–Crippen MR) is 94.0 cm³/mol. The summed E-state index contributed by atoms with van der Waals surface area (Å²) in [5.41, 5.74) is 1.88. The zero-order chi connectivity index (χ0) is 17.6. The first kappa shape index (κ1) is 16.8. The molecule has 1 amide bonds. The molecule has 0 radical (unpaired) electrons. The molecule has 6 heteroatoms. The Morgan fingerprint density at radius 2 is 1.96 bits per heavy atom. The van der Waals surface area contributed by atoms with Crippen LogP contribution < -0.4 is 19.7 Å². The molecule has 3 rings (SSSR count). The largest absolute Gasteiger partial charge is 0.497 e. The van der Waals surface area contributed by atoms with Crippen LogP contribution in [0.25, 0.3) is 0 Å². The number of esters is 1. The average Bonchev–Trinajstić information content (AvgIpc) is 2.62. The van der Waals surface area contributed by atoms with Gasteiger partial charge in [0.25, 0.3) is 0 Å². The maximum atomic E-state index is 12.2. The molecule has 1 aliphatic heterocycles. The van der Waals surface area contributed by atoms with Gasteiger partial charge in [0.15, 0.2) is 5.75 Å². The molecular weight excluding hydrogens is 320 g/mol. The summed E-state index contributed by atoms with van der Waals surface area (Å²) in [7, 11) is 1.63.